The molecule has 0 amide bonds. The number of rotatable bonds is 12. The van der Waals surface area contributed by atoms with Gasteiger partial charge in [0.25, 0.3) is 0 Å². The van der Waals surface area contributed by atoms with E-state index in [-0.39, 0.29) is 0 Å². The van der Waals surface area contributed by atoms with Gasteiger partial charge in [-0.2, -0.15) is 0 Å². The van der Waals surface area contributed by atoms with Crippen LogP contribution in [0.25, 0.3) is 5.70 Å². The second-order valence-electron chi connectivity index (χ2n) is 9.26. The Morgan fingerprint density at radius 3 is 2.20 bits per heavy atom. The average Bonchev–Trinajstić information content (AvgIpc) is 2.99. The quantitative estimate of drug-likeness (QED) is 0.122. The fraction of sp³-hybridized carbons (Fsp3) is 0.500. The molecule has 0 unspecified atom stereocenters. The summed E-state index contributed by atoms with van der Waals surface area (Å²) in [6.45, 7) is 9.39. The van der Waals surface area contributed by atoms with Crippen LogP contribution in [0.1, 0.15) is 86.2 Å². The van der Waals surface area contributed by atoms with Crippen LogP contribution in [0.3, 0.4) is 0 Å². The number of carbonyl (C=O) groups is 1. The number of hydrogen-bond donors (Lipinski definition) is 5. The van der Waals surface area contributed by atoms with Gasteiger partial charge in [-0.25, -0.2) is 9.97 Å². The third-order valence-electron chi connectivity index (χ3n) is 5.67. The van der Waals surface area contributed by atoms with Gasteiger partial charge in [0.1, 0.15) is 17.9 Å². The van der Waals surface area contributed by atoms with E-state index in [1.54, 1.807) is 31.4 Å². The van der Waals surface area contributed by atoms with Crippen LogP contribution in [0, 0.1) is 12.3 Å². The molecule has 0 radical (unpaired) electrons. The molecule has 1 aliphatic rings. The molecule has 1 aliphatic carbocycles. The van der Waals surface area contributed by atoms with Gasteiger partial charge < -0.3 is 31.8 Å². The van der Waals surface area contributed by atoms with E-state index in [2.05, 4.69) is 45.8 Å². The van der Waals surface area contributed by atoms with Gasteiger partial charge in [0.2, 0.25) is 0 Å². The van der Waals surface area contributed by atoms with Gasteiger partial charge in [0.05, 0.1) is 12.3 Å². The summed E-state index contributed by atoms with van der Waals surface area (Å²) in [6, 6.07) is 8.84. The minimum Gasteiger partial charge on any atom is -0.398 e. The molecule has 9 heteroatoms. The standard InChI is InChI=1S/C10H10N2O.C9H16N4.C7H15NO.C6H12/c11-6-5-10(12)9-3-1-8(7-13)2-4-9;1-4-11-9-5-8(6-10-3)12-7(2)13-9;1-3-4-5-8-6-7-9-2;1-2-4-6-5-3-1/h1-7,11H,12H2;5,10H,4,6H2,1-3H3,(H,11,12,13);4-5,8H,3,6-7H2,1-2H3;1-6H2/b10-5-,11-6?;;5-4-;. The Bertz CT molecular complexity index is 952. The number of carbonyl (C=O) groups excluding carboxylic acids is 1. The van der Waals surface area contributed by atoms with Crippen molar-refractivity contribution in [3.63, 3.8) is 0 Å². The Morgan fingerprint density at radius 1 is 1.07 bits per heavy atom. The molecule has 1 saturated carbocycles. The van der Waals surface area contributed by atoms with Gasteiger partial charge in [-0.1, -0.05) is 75.8 Å². The molecule has 0 saturated heterocycles. The van der Waals surface area contributed by atoms with Crippen LogP contribution in [0.4, 0.5) is 5.82 Å². The number of aldehydes is 1. The summed E-state index contributed by atoms with van der Waals surface area (Å²) in [7, 11) is 3.61. The first-order chi connectivity index (χ1) is 19.9. The molecule has 228 valence electrons. The van der Waals surface area contributed by atoms with Crippen molar-refractivity contribution in [3.8, 4) is 0 Å². The molecule has 0 spiro atoms. The summed E-state index contributed by atoms with van der Waals surface area (Å²) in [4.78, 5) is 18.9. The van der Waals surface area contributed by atoms with Crippen molar-refractivity contribution in [1.82, 2.24) is 20.6 Å². The minimum atomic E-state index is 0.521. The predicted octanol–water partition coefficient (Wildman–Crippen LogP) is 5.87. The van der Waals surface area contributed by atoms with E-state index in [0.717, 1.165) is 68.1 Å². The third kappa shape index (κ3) is 20.9. The highest BCUT2D eigenvalue weighted by Gasteiger charge is 1.99. The van der Waals surface area contributed by atoms with Gasteiger partial charge >= 0.3 is 0 Å². The Kier molecular flexibility index (Phi) is 24.3. The van der Waals surface area contributed by atoms with Crippen molar-refractivity contribution in [2.45, 2.75) is 72.3 Å². The first-order valence-corrected chi connectivity index (χ1v) is 14.6. The van der Waals surface area contributed by atoms with Gasteiger partial charge in [-0.05, 0) is 45.2 Å². The number of nitrogens with two attached hydrogens (primary N) is 1. The molecule has 3 rings (SSSR count). The molecular weight excluding hydrogens is 514 g/mol. The lowest BCUT2D eigenvalue weighted by Gasteiger charge is -2.05. The Hall–Kier alpha value is -3.56. The normalized spacial score (nSPS) is 12.5. The van der Waals surface area contributed by atoms with E-state index >= 15 is 0 Å². The smallest absolute Gasteiger partial charge is 0.150 e. The lowest BCUT2D eigenvalue weighted by atomic mass is 10.0. The fourth-order valence-corrected chi connectivity index (χ4v) is 3.62. The van der Waals surface area contributed by atoms with Crippen molar-refractivity contribution < 1.29 is 9.53 Å². The van der Waals surface area contributed by atoms with Gasteiger partial charge in [0, 0.05) is 50.3 Å². The zero-order chi connectivity index (χ0) is 30.6. The molecule has 9 nitrogen and oxygen atoms in total. The molecule has 1 fully saturated rings. The van der Waals surface area contributed by atoms with Crippen LogP contribution in [0.5, 0.6) is 0 Å². The molecule has 0 bridgehead atoms. The number of allylic oxidation sites excluding steroid dienone is 2. The van der Waals surface area contributed by atoms with Crippen LogP contribution in [0.15, 0.2) is 48.7 Å². The molecule has 0 aliphatic heterocycles. The highest BCUT2D eigenvalue weighted by Crippen LogP contribution is 2.15. The van der Waals surface area contributed by atoms with E-state index in [1.165, 1.54) is 44.6 Å². The van der Waals surface area contributed by atoms with Crippen molar-refractivity contribution in [2.75, 3.05) is 39.2 Å². The second-order valence-corrected chi connectivity index (χ2v) is 9.26. The van der Waals surface area contributed by atoms with E-state index < -0.39 is 0 Å². The second kappa shape index (κ2) is 26.7. The summed E-state index contributed by atoms with van der Waals surface area (Å²) in [5.74, 6) is 1.71. The lowest BCUT2D eigenvalue weighted by molar-refractivity contribution is 0.112. The number of ether oxygens (including phenoxy) is 1. The molecule has 6 N–H and O–H groups in total. The van der Waals surface area contributed by atoms with Gasteiger partial charge in [0.15, 0.2) is 0 Å². The highest BCUT2D eigenvalue weighted by molar-refractivity contribution is 5.82. The van der Waals surface area contributed by atoms with E-state index in [9.17, 15) is 4.79 Å². The molecule has 1 heterocycles. The Balaban J connectivity index is 0.000000540. The van der Waals surface area contributed by atoms with Crippen molar-refractivity contribution in [2.24, 2.45) is 5.73 Å². The summed E-state index contributed by atoms with van der Waals surface area (Å²) >= 11 is 0. The Morgan fingerprint density at radius 2 is 1.71 bits per heavy atom. The first-order valence-electron chi connectivity index (χ1n) is 14.6. The number of aryl methyl sites for hydroxylation is 1. The summed E-state index contributed by atoms with van der Waals surface area (Å²) in [6.07, 6.45) is 17.5. The van der Waals surface area contributed by atoms with E-state index in [4.69, 9.17) is 15.9 Å². The summed E-state index contributed by atoms with van der Waals surface area (Å²) in [5.41, 5.74) is 8.59. The first kappa shape index (κ1) is 37.4. The molecule has 0 atom stereocenters. The number of methoxy groups -OCH3 is 1. The van der Waals surface area contributed by atoms with Crippen molar-refractivity contribution in [1.29, 1.82) is 5.41 Å². The zero-order valence-corrected chi connectivity index (χ0v) is 25.8. The predicted molar refractivity (Wildman–Crippen MR) is 173 cm³/mol. The average molecular weight is 568 g/mol. The summed E-state index contributed by atoms with van der Waals surface area (Å²) < 4.78 is 4.83. The Labute approximate surface area is 248 Å². The SMILES string of the molecule is C1CCCCC1.CC/C=C\NCCOC.CCNc1cc(CNC)nc(C)n1.N=C/C=C(\N)c1ccc(C=O)cc1. The fourth-order valence-electron chi connectivity index (χ4n) is 3.62. The maximum absolute atomic E-state index is 10.3. The molecule has 41 heavy (non-hydrogen) atoms. The number of nitrogens with one attached hydrogen (secondary N) is 4. The molecular formula is C32H53N7O2. The molecule has 1 aromatic heterocycles. The maximum Gasteiger partial charge on any atom is 0.150 e. The van der Waals surface area contributed by atoms with E-state index in [0.29, 0.717) is 11.3 Å². The lowest BCUT2D eigenvalue weighted by Crippen LogP contribution is -2.11. The monoisotopic (exact) mass is 567 g/mol. The van der Waals surface area contributed by atoms with E-state index in [1.807, 2.05) is 26.2 Å². The van der Waals surface area contributed by atoms with Gasteiger partial charge in [-0.15, -0.1) is 0 Å². The topological polar surface area (TPSA) is 138 Å². The number of anilines is 1. The summed E-state index contributed by atoms with van der Waals surface area (Å²) in [5, 5.41) is 16.1. The number of aromatic nitrogens is 2. The van der Waals surface area contributed by atoms with Crippen molar-refractivity contribution in [3.05, 3.63) is 71.3 Å². The van der Waals surface area contributed by atoms with Crippen LogP contribution >= 0.6 is 0 Å². The maximum atomic E-state index is 10.3. The van der Waals surface area contributed by atoms with Gasteiger partial charge in [-0.3, -0.25) is 4.79 Å². The van der Waals surface area contributed by atoms with Crippen LogP contribution in [-0.2, 0) is 11.3 Å². The van der Waals surface area contributed by atoms with Crippen LogP contribution < -0.4 is 21.7 Å². The largest absolute Gasteiger partial charge is 0.398 e. The number of nitrogens with zero attached hydrogens (tertiary/aromatic N) is 2. The van der Waals surface area contributed by atoms with Crippen LogP contribution in [0.2, 0.25) is 0 Å². The highest BCUT2D eigenvalue weighted by atomic mass is 16.5. The molecule has 1 aromatic carbocycles. The molecule has 2 aromatic rings. The van der Waals surface area contributed by atoms with Crippen molar-refractivity contribution >= 4 is 24.0 Å². The number of hydrogen-bond acceptors (Lipinski definition) is 9. The number of benzene rings is 1. The zero-order valence-electron chi connectivity index (χ0n) is 25.8. The minimum absolute atomic E-state index is 0.521. The van der Waals surface area contributed by atoms with Crippen LogP contribution in [-0.4, -0.2) is 56.3 Å². The third-order valence-corrected chi connectivity index (χ3v) is 5.67.